The second-order valence-corrected chi connectivity index (χ2v) is 8.83. The van der Waals surface area contributed by atoms with E-state index in [0.717, 1.165) is 12.8 Å². The van der Waals surface area contributed by atoms with Gasteiger partial charge < -0.3 is 15.8 Å². The zero-order valence-corrected chi connectivity index (χ0v) is 17.0. The number of benzene rings is 2. The van der Waals surface area contributed by atoms with Crippen molar-refractivity contribution in [1.29, 1.82) is 0 Å². The van der Waals surface area contributed by atoms with Crippen molar-refractivity contribution in [2.75, 3.05) is 25.0 Å². The second-order valence-electron chi connectivity index (χ2n) is 6.48. The summed E-state index contributed by atoms with van der Waals surface area (Å²) in [5.41, 5.74) is 5.97. The third-order valence-corrected chi connectivity index (χ3v) is 6.61. The van der Waals surface area contributed by atoms with Crippen LogP contribution in [0.5, 0.6) is 5.75 Å². The molecular weight excluding hydrogens is 418 g/mol. The van der Waals surface area contributed by atoms with E-state index in [-0.39, 0.29) is 22.3 Å². The number of ether oxygens (including phenoxy) is 1. The fourth-order valence-electron chi connectivity index (χ4n) is 2.89. The second kappa shape index (κ2) is 8.81. The molecule has 8 nitrogen and oxygen atoms in total. The monoisotopic (exact) mass is 437 g/mol. The van der Waals surface area contributed by atoms with E-state index in [1.165, 1.54) is 34.6 Å². The first-order chi connectivity index (χ1) is 13.8. The maximum absolute atomic E-state index is 12.6. The summed E-state index contributed by atoms with van der Waals surface area (Å²) in [4.78, 5) is 23.2. The molecule has 1 fully saturated rings. The summed E-state index contributed by atoms with van der Waals surface area (Å²) < 4.78 is 32.0. The lowest BCUT2D eigenvalue weighted by molar-refractivity contribution is -0.118. The highest BCUT2D eigenvalue weighted by molar-refractivity contribution is 7.89. The Bertz CT molecular complexity index is 1020. The van der Waals surface area contributed by atoms with Crippen LogP contribution < -0.4 is 15.8 Å². The van der Waals surface area contributed by atoms with Crippen molar-refractivity contribution in [2.45, 2.75) is 17.7 Å². The molecule has 1 aliphatic heterocycles. The first-order valence-electron chi connectivity index (χ1n) is 8.89. The van der Waals surface area contributed by atoms with Crippen molar-refractivity contribution in [2.24, 2.45) is 5.73 Å². The molecule has 29 heavy (non-hydrogen) atoms. The number of hydrogen-bond donors (Lipinski definition) is 2. The molecule has 0 aromatic heterocycles. The van der Waals surface area contributed by atoms with E-state index in [1.807, 2.05) is 0 Å². The van der Waals surface area contributed by atoms with Gasteiger partial charge in [0.05, 0.1) is 9.92 Å². The molecule has 1 heterocycles. The van der Waals surface area contributed by atoms with Crippen LogP contribution in [0.4, 0.5) is 5.69 Å². The van der Waals surface area contributed by atoms with Gasteiger partial charge in [-0.25, -0.2) is 8.42 Å². The van der Waals surface area contributed by atoms with Crippen LogP contribution in [0.25, 0.3) is 0 Å². The Kier molecular flexibility index (Phi) is 6.41. The van der Waals surface area contributed by atoms with E-state index in [0.29, 0.717) is 24.3 Å². The molecule has 0 radical (unpaired) electrons. The zero-order chi connectivity index (χ0) is 21.0. The minimum atomic E-state index is -3.58. The van der Waals surface area contributed by atoms with Gasteiger partial charge in [0.2, 0.25) is 15.9 Å². The highest BCUT2D eigenvalue weighted by atomic mass is 35.5. The van der Waals surface area contributed by atoms with Gasteiger partial charge in [0.25, 0.3) is 5.91 Å². The van der Waals surface area contributed by atoms with Crippen LogP contribution in [-0.2, 0) is 14.8 Å². The van der Waals surface area contributed by atoms with E-state index in [2.05, 4.69) is 5.32 Å². The number of sulfonamides is 1. The van der Waals surface area contributed by atoms with Crippen LogP contribution in [0.1, 0.15) is 23.2 Å². The number of nitrogens with two attached hydrogens (primary N) is 1. The largest absolute Gasteiger partial charge is 0.482 e. The molecule has 10 heteroatoms. The van der Waals surface area contributed by atoms with Crippen LogP contribution >= 0.6 is 11.6 Å². The van der Waals surface area contributed by atoms with Crippen molar-refractivity contribution in [3.63, 3.8) is 0 Å². The quantitative estimate of drug-likeness (QED) is 0.688. The van der Waals surface area contributed by atoms with Crippen LogP contribution in [0.15, 0.2) is 47.4 Å². The summed E-state index contributed by atoms with van der Waals surface area (Å²) in [7, 11) is -3.58. The van der Waals surface area contributed by atoms with Crippen molar-refractivity contribution < 1.29 is 22.7 Å². The van der Waals surface area contributed by atoms with E-state index in [9.17, 15) is 18.0 Å². The number of hydrogen-bond acceptors (Lipinski definition) is 5. The number of halogens is 1. The third-order valence-electron chi connectivity index (χ3n) is 4.42. The standard InChI is InChI=1S/C19H20ClN3O5S/c20-16-11-15(29(26,27)23-9-1-2-10-23)7-8-17(16)28-12-18(24)22-14-5-3-13(4-6-14)19(21)25/h3-8,11H,1-2,9-10,12H2,(H2,21,25)(H,22,24). The Morgan fingerprint density at radius 1 is 1.10 bits per heavy atom. The van der Waals surface area contributed by atoms with Gasteiger partial charge in [-0.3, -0.25) is 9.59 Å². The van der Waals surface area contributed by atoms with Crippen LogP contribution in [-0.4, -0.2) is 44.2 Å². The Balaban J connectivity index is 1.60. The van der Waals surface area contributed by atoms with Crippen molar-refractivity contribution >= 4 is 39.1 Å². The summed E-state index contributed by atoms with van der Waals surface area (Å²) in [6.07, 6.45) is 1.68. The zero-order valence-electron chi connectivity index (χ0n) is 15.4. The molecule has 2 aromatic rings. The first kappa shape index (κ1) is 21.1. The van der Waals surface area contributed by atoms with Gasteiger partial charge >= 0.3 is 0 Å². The van der Waals surface area contributed by atoms with E-state index in [4.69, 9.17) is 22.1 Å². The van der Waals surface area contributed by atoms with Crippen LogP contribution in [0.2, 0.25) is 5.02 Å². The van der Waals surface area contributed by atoms with Gasteiger partial charge in [0.15, 0.2) is 6.61 Å². The van der Waals surface area contributed by atoms with Crippen LogP contribution in [0.3, 0.4) is 0 Å². The van der Waals surface area contributed by atoms with Crippen molar-refractivity contribution in [3.8, 4) is 5.75 Å². The van der Waals surface area contributed by atoms with Gasteiger partial charge in [0, 0.05) is 24.3 Å². The molecule has 2 aromatic carbocycles. The molecule has 0 spiro atoms. The molecule has 0 bridgehead atoms. The first-order valence-corrected chi connectivity index (χ1v) is 10.7. The molecule has 3 rings (SSSR count). The van der Waals surface area contributed by atoms with Gasteiger partial charge in [0.1, 0.15) is 5.75 Å². The fourth-order valence-corrected chi connectivity index (χ4v) is 4.74. The number of nitrogens with zero attached hydrogens (tertiary/aromatic N) is 1. The SMILES string of the molecule is NC(=O)c1ccc(NC(=O)COc2ccc(S(=O)(=O)N3CCCC3)cc2Cl)cc1. The Labute approximate surface area is 173 Å². The number of carbonyl (C=O) groups excluding carboxylic acids is 2. The lowest BCUT2D eigenvalue weighted by atomic mass is 10.2. The number of nitrogens with one attached hydrogen (secondary N) is 1. The smallest absolute Gasteiger partial charge is 0.262 e. The lowest BCUT2D eigenvalue weighted by Crippen LogP contribution is -2.27. The molecule has 1 aliphatic rings. The number of anilines is 1. The van der Waals surface area contributed by atoms with Crippen molar-refractivity contribution in [3.05, 3.63) is 53.1 Å². The highest BCUT2D eigenvalue weighted by Gasteiger charge is 2.27. The average Bonchev–Trinajstić information content (AvgIpc) is 3.23. The minimum Gasteiger partial charge on any atom is -0.482 e. The molecule has 0 saturated carbocycles. The van der Waals surface area contributed by atoms with Crippen molar-refractivity contribution in [1.82, 2.24) is 4.31 Å². The summed E-state index contributed by atoms with van der Waals surface area (Å²) in [5, 5.41) is 2.71. The molecule has 0 aliphatic carbocycles. The Morgan fingerprint density at radius 3 is 2.34 bits per heavy atom. The maximum atomic E-state index is 12.6. The summed E-state index contributed by atoms with van der Waals surface area (Å²) >= 11 is 6.15. The maximum Gasteiger partial charge on any atom is 0.262 e. The number of primary amides is 1. The highest BCUT2D eigenvalue weighted by Crippen LogP contribution is 2.29. The van der Waals surface area contributed by atoms with Gasteiger partial charge in [-0.1, -0.05) is 11.6 Å². The van der Waals surface area contributed by atoms with Crippen LogP contribution in [0, 0.1) is 0 Å². The molecule has 0 unspecified atom stereocenters. The minimum absolute atomic E-state index is 0.0933. The lowest BCUT2D eigenvalue weighted by Gasteiger charge is -2.16. The Morgan fingerprint density at radius 2 is 1.76 bits per heavy atom. The number of rotatable bonds is 7. The normalized spacial score (nSPS) is 14.5. The van der Waals surface area contributed by atoms with Gasteiger partial charge in [-0.15, -0.1) is 0 Å². The molecular formula is C19H20ClN3O5S. The van der Waals surface area contributed by atoms with Gasteiger partial charge in [-0.2, -0.15) is 4.31 Å². The average molecular weight is 438 g/mol. The number of carbonyl (C=O) groups is 2. The summed E-state index contributed by atoms with van der Waals surface area (Å²) in [6.45, 7) is 0.674. The van der Waals surface area contributed by atoms with E-state index < -0.39 is 21.8 Å². The van der Waals surface area contributed by atoms with Gasteiger partial charge in [-0.05, 0) is 55.3 Å². The predicted molar refractivity (Wildman–Crippen MR) is 109 cm³/mol. The summed E-state index contributed by atoms with van der Waals surface area (Å²) in [5.74, 6) is -0.802. The predicted octanol–water partition coefficient (Wildman–Crippen LogP) is 2.24. The molecule has 3 N–H and O–H groups in total. The molecule has 154 valence electrons. The van der Waals surface area contributed by atoms with E-state index in [1.54, 1.807) is 12.1 Å². The Hall–Kier alpha value is -2.62. The summed E-state index contributed by atoms with van der Waals surface area (Å²) in [6, 6.07) is 10.2. The third kappa shape index (κ3) is 5.06. The fraction of sp³-hybridized carbons (Fsp3) is 0.263. The molecule has 0 atom stereocenters. The molecule has 1 saturated heterocycles. The number of amides is 2. The van der Waals surface area contributed by atoms with E-state index >= 15 is 0 Å². The molecule has 2 amide bonds. The topological polar surface area (TPSA) is 119 Å².